The molecule has 0 aliphatic heterocycles. The van der Waals surface area contributed by atoms with Crippen LogP contribution >= 0.6 is 23.5 Å². The maximum absolute atomic E-state index is 12.9. The maximum atomic E-state index is 12.9. The van der Waals surface area contributed by atoms with Crippen LogP contribution in [0.2, 0.25) is 0 Å². The Balaban J connectivity index is 2.35. The predicted octanol–water partition coefficient (Wildman–Crippen LogP) is 4.45. The molecule has 0 aliphatic carbocycles. The summed E-state index contributed by atoms with van der Waals surface area (Å²) >= 11 is 3.11. The summed E-state index contributed by atoms with van der Waals surface area (Å²) < 4.78 is 1.97. The van der Waals surface area contributed by atoms with Gasteiger partial charge in [-0.25, -0.2) is 0 Å². The number of hydrogen-bond acceptors (Lipinski definition) is 5. The topological polar surface area (TPSA) is 70.8 Å². The zero-order chi connectivity index (χ0) is 21.0. The lowest BCUT2D eigenvalue weighted by Crippen LogP contribution is -2.31. The van der Waals surface area contributed by atoms with E-state index in [1.165, 1.54) is 17.3 Å². The van der Waals surface area contributed by atoms with Gasteiger partial charge in [0.2, 0.25) is 0 Å². The number of nitrogens with zero attached hydrogens (tertiary/aromatic N) is 2. The summed E-state index contributed by atoms with van der Waals surface area (Å²) in [5, 5.41) is 11.7. The number of benzene rings is 2. The first-order valence-electron chi connectivity index (χ1n) is 9.25. The highest BCUT2D eigenvalue weighted by atomic mass is 32.2. The van der Waals surface area contributed by atoms with Crippen molar-refractivity contribution in [2.45, 2.75) is 23.3 Å². The van der Waals surface area contributed by atoms with Crippen molar-refractivity contribution in [3.05, 3.63) is 70.0 Å². The number of aromatic nitrogens is 2. The molecule has 7 heteroatoms. The van der Waals surface area contributed by atoms with Crippen LogP contribution in [0.4, 0.5) is 0 Å². The Morgan fingerprint density at radius 2 is 1.72 bits per heavy atom. The van der Waals surface area contributed by atoms with Crippen LogP contribution in [0.15, 0.2) is 63.2 Å². The van der Waals surface area contributed by atoms with Gasteiger partial charge in [0.25, 0.3) is 5.56 Å². The molecular weight excluding hydrogens is 400 g/mol. The molecule has 3 rings (SSSR count). The monoisotopic (exact) mass is 424 g/mol. The minimum Gasteiger partial charge on any atom is -0.373 e. The third-order valence-electron chi connectivity index (χ3n) is 4.69. The summed E-state index contributed by atoms with van der Waals surface area (Å²) in [5.74, 6) is 0.638. The molecule has 1 heterocycles. The molecule has 1 aromatic heterocycles. The number of amidine groups is 1. The van der Waals surface area contributed by atoms with E-state index in [0.29, 0.717) is 10.9 Å². The van der Waals surface area contributed by atoms with E-state index in [9.17, 15) is 4.79 Å². The van der Waals surface area contributed by atoms with E-state index in [4.69, 9.17) is 5.41 Å². The third-order valence-corrected chi connectivity index (χ3v) is 6.21. The van der Waals surface area contributed by atoms with E-state index in [-0.39, 0.29) is 11.4 Å². The molecule has 0 aliphatic rings. The molecule has 29 heavy (non-hydrogen) atoms. The summed E-state index contributed by atoms with van der Waals surface area (Å²) in [6, 6.07) is 16.3. The molecule has 5 nitrogen and oxygen atoms in total. The van der Waals surface area contributed by atoms with Gasteiger partial charge in [-0.3, -0.25) is 14.8 Å². The number of rotatable bonds is 6. The summed E-state index contributed by atoms with van der Waals surface area (Å²) in [7, 11) is 1.64. The van der Waals surface area contributed by atoms with Gasteiger partial charge in [0.1, 0.15) is 17.2 Å². The molecule has 0 unspecified atom stereocenters. The largest absolute Gasteiger partial charge is 0.373 e. The van der Waals surface area contributed by atoms with E-state index < -0.39 is 5.56 Å². The van der Waals surface area contributed by atoms with Crippen LogP contribution in [0.1, 0.15) is 18.1 Å². The number of nitrogens with one attached hydrogen (secondary N) is 2. The molecule has 2 N–H and O–H groups in total. The van der Waals surface area contributed by atoms with Gasteiger partial charge in [-0.15, -0.1) is 23.5 Å². The molecule has 3 aromatic rings. The molecule has 150 valence electrons. The Hall–Kier alpha value is -2.51. The van der Waals surface area contributed by atoms with Crippen molar-refractivity contribution in [1.29, 1.82) is 5.41 Å². The lowest BCUT2D eigenvalue weighted by Gasteiger charge is -2.20. The molecule has 0 saturated heterocycles. The molecule has 0 atom stereocenters. The maximum Gasteiger partial charge on any atom is 0.285 e. The first kappa shape index (κ1) is 21.2. The van der Waals surface area contributed by atoms with Crippen molar-refractivity contribution in [2.24, 2.45) is 0 Å². The van der Waals surface area contributed by atoms with Crippen LogP contribution in [0, 0.1) is 5.41 Å². The molecule has 0 radical (unpaired) electrons. The van der Waals surface area contributed by atoms with Crippen LogP contribution in [-0.2, 0) is 6.42 Å². The molecular formula is C22H24N4OS2. The summed E-state index contributed by atoms with van der Waals surface area (Å²) in [6.45, 7) is 2.12. The Labute approximate surface area is 179 Å². The fourth-order valence-electron chi connectivity index (χ4n) is 3.09. The standard InChI is InChI=1S/C22H24N4OS2/c1-5-14-6-10-16(11-7-14)26-20(15-8-12-17(28-3)13-9-15)25-21(27)18(19(23)24-2)22(26)29-4/h6-13H,5H2,1-4H3,(H2,23,24). The van der Waals surface area contributed by atoms with Gasteiger partial charge < -0.3 is 5.32 Å². The fraction of sp³-hybridized carbons (Fsp3) is 0.227. The number of aryl methyl sites for hydroxylation is 1. The van der Waals surface area contributed by atoms with Crippen molar-refractivity contribution >= 4 is 29.4 Å². The third kappa shape index (κ3) is 4.26. The second-order valence-corrected chi connectivity index (χ2v) is 8.01. The van der Waals surface area contributed by atoms with Crippen LogP contribution in [0.25, 0.3) is 17.1 Å². The fourth-order valence-corrected chi connectivity index (χ4v) is 4.26. The summed E-state index contributed by atoms with van der Waals surface area (Å²) in [6.07, 6.45) is 4.90. The first-order valence-corrected chi connectivity index (χ1v) is 11.7. The second kappa shape index (κ2) is 9.33. The Morgan fingerprint density at radius 3 is 2.24 bits per heavy atom. The van der Waals surface area contributed by atoms with Crippen LogP contribution in [0.3, 0.4) is 0 Å². The van der Waals surface area contributed by atoms with E-state index in [2.05, 4.69) is 29.4 Å². The van der Waals surface area contributed by atoms with E-state index in [1.54, 1.807) is 18.8 Å². The molecule has 2 aromatic carbocycles. The molecule has 0 amide bonds. The lowest BCUT2D eigenvalue weighted by atomic mass is 10.1. The molecule has 0 fully saturated rings. The van der Waals surface area contributed by atoms with Gasteiger partial charge in [-0.05, 0) is 48.8 Å². The van der Waals surface area contributed by atoms with Crippen molar-refractivity contribution in [2.75, 3.05) is 19.6 Å². The van der Waals surface area contributed by atoms with E-state index >= 15 is 0 Å². The molecule has 0 spiro atoms. The van der Waals surface area contributed by atoms with Crippen molar-refractivity contribution < 1.29 is 0 Å². The van der Waals surface area contributed by atoms with Crippen LogP contribution < -0.4 is 10.9 Å². The first-order chi connectivity index (χ1) is 14.0. The van der Waals surface area contributed by atoms with Crippen LogP contribution in [-0.4, -0.2) is 34.9 Å². The van der Waals surface area contributed by atoms with Gasteiger partial charge in [0.05, 0.1) is 5.03 Å². The Kier molecular flexibility index (Phi) is 6.82. The van der Waals surface area contributed by atoms with E-state index in [0.717, 1.165) is 22.6 Å². The highest BCUT2D eigenvalue weighted by molar-refractivity contribution is 7.98. The van der Waals surface area contributed by atoms with Gasteiger partial charge >= 0.3 is 0 Å². The van der Waals surface area contributed by atoms with Crippen LogP contribution in [0.5, 0.6) is 0 Å². The molecule has 0 bridgehead atoms. The lowest BCUT2D eigenvalue weighted by molar-refractivity contribution is 0.858. The van der Waals surface area contributed by atoms with Gasteiger partial charge in [0, 0.05) is 23.2 Å². The average molecular weight is 425 g/mol. The highest BCUT2D eigenvalue weighted by Crippen LogP contribution is 2.30. The zero-order valence-corrected chi connectivity index (χ0v) is 18.6. The predicted molar refractivity (Wildman–Crippen MR) is 124 cm³/mol. The normalized spacial score (nSPS) is 10.8. The number of hydrogen-bond donors (Lipinski definition) is 2. The van der Waals surface area contributed by atoms with Crippen molar-refractivity contribution in [3.8, 4) is 17.1 Å². The quantitative estimate of drug-likeness (QED) is 0.265. The van der Waals surface area contributed by atoms with E-state index in [1.807, 2.05) is 53.5 Å². The molecule has 0 saturated carbocycles. The minimum atomic E-state index is -0.404. The number of thioether (sulfide) groups is 2. The SMILES string of the molecule is CCc1ccc(-n2c(-c3ccc(SC)cc3)nc(=O)c(C(=N)NC)c2SC)cc1. The summed E-state index contributed by atoms with van der Waals surface area (Å²) in [5.41, 5.74) is 2.89. The van der Waals surface area contributed by atoms with Crippen molar-refractivity contribution in [3.63, 3.8) is 0 Å². The van der Waals surface area contributed by atoms with Gasteiger partial charge in [0.15, 0.2) is 0 Å². The smallest absolute Gasteiger partial charge is 0.285 e. The minimum absolute atomic E-state index is 0.0649. The Morgan fingerprint density at radius 1 is 1.07 bits per heavy atom. The zero-order valence-electron chi connectivity index (χ0n) is 16.9. The Bertz CT molecular complexity index is 1070. The average Bonchev–Trinajstić information content (AvgIpc) is 2.77. The van der Waals surface area contributed by atoms with Gasteiger partial charge in [-0.2, -0.15) is 4.98 Å². The van der Waals surface area contributed by atoms with Gasteiger partial charge in [-0.1, -0.05) is 31.2 Å². The van der Waals surface area contributed by atoms with Crippen molar-refractivity contribution in [1.82, 2.24) is 14.9 Å². The summed E-state index contributed by atoms with van der Waals surface area (Å²) in [4.78, 5) is 18.4. The second-order valence-electron chi connectivity index (χ2n) is 6.33. The highest BCUT2D eigenvalue weighted by Gasteiger charge is 2.21.